The Hall–Kier alpha value is -1.05. The van der Waals surface area contributed by atoms with Crippen molar-refractivity contribution in [2.24, 2.45) is 17.8 Å². The van der Waals surface area contributed by atoms with E-state index < -0.39 is 0 Å². The minimum atomic E-state index is 0.366. The van der Waals surface area contributed by atoms with Crippen molar-refractivity contribution in [1.29, 1.82) is 0 Å². The van der Waals surface area contributed by atoms with Crippen LogP contribution in [0.3, 0.4) is 0 Å². The fourth-order valence-electron chi connectivity index (χ4n) is 2.83. The van der Waals surface area contributed by atoms with Gasteiger partial charge in [0, 0.05) is 19.0 Å². The highest BCUT2D eigenvalue weighted by molar-refractivity contribution is 5.81. The Morgan fingerprint density at radius 2 is 2.00 bits per heavy atom. The quantitative estimate of drug-likeness (QED) is 0.668. The van der Waals surface area contributed by atoms with Crippen molar-refractivity contribution in [3.8, 4) is 0 Å². The predicted octanol–water partition coefficient (Wildman–Crippen LogP) is 3.55. The average molecular weight is 259 g/mol. The van der Waals surface area contributed by atoms with E-state index in [-0.39, 0.29) is 0 Å². The van der Waals surface area contributed by atoms with Gasteiger partial charge in [0.15, 0.2) is 0 Å². The van der Waals surface area contributed by atoms with E-state index in [9.17, 15) is 4.79 Å². The molecule has 0 aliphatic heterocycles. The number of hydrogen-bond acceptors (Lipinski definition) is 1. The Bertz CT molecular complexity index is 377. The van der Waals surface area contributed by atoms with E-state index in [1.165, 1.54) is 32.1 Å². The largest absolute Gasteiger partial charge is 0.338 e. The van der Waals surface area contributed by atoms with E-state index in [1.54, 1.807) is 0 Å². The number of hydrogen-bond donors (Lipinski definition) is 0. The van der Waals surface area contributed by atoms with Crippen LogP contribution in [-0.2, 0) is 4.79 Å². The zero-order valence-corrected chi connectivity index (χ0v) is 11.8. The Labute approximate surface area is 116 Å². The van der Waals surface area contributed by atoms with Gasteiger partial charge in [0.05, 0.1) is 0 Å². The molecule has 0 spiro atoms. The summed E-state index contributed by atoms with van der Waals surface area (Å²) in [5, 5.41) is 0. The van der Waals surface area contributed by atoms with Gasteiger partial charge in [-0.15, -0.1) is 0 Å². The highest BCUT2D eigenvalue weighted by Crippen LogP contribution is 2.34. The Balaban J connectivity index is 1.49. The summed E-state index contributed by atoms with van der Waals surface area (Å²) in [6.45, 7) is 1.84. The van der Waals surface area contributed by atoms with Gasteiger partial charge in [-0.1, -0.05) is 24.3 Å². The standard InChI is InChI=1S/C17H25NO/c19-17(16-10-11-16)18(13-15-8-9-15)12-4-7-14-5-2-1-3-6-14/h1-2,4,7,14-16H,3,5-6,8-13H2/b7-4+. The predicted molar refractivity (Wildman–Crippen MR) is 77.6 cm³/mol. The van der Waals surface area contributed by atoms with Crippen LogP contribution in [0.2, 0.25) is 0 Å². The number of rotatable bonds is 6. The van der Waals surface area contributed by atoms with Crippen LogP contribution >= 0.6 is 0 Å². The molecule has 0 radical (unpaired) electrons. The van der Waals surface area contributed by atoms with Gasteiger partial charge < -0.3 is 4.90 Å². The summed E-state index contributed by atoms with van der Waals surface area (Å²) in [5.74, 6) is 2.28. The number of nitrogens with zero attached hydrogens (tertiary/aromatic N) is 1. The molecule has 0 heterocycles. The van der Waals surface area contributed by atoms with Crippen molar-refractivity contribution in [2.75, 3.05) is 13.1 Å². The third-order valence-corrected chi connectivity index (χ3v) is 4.46. The molecule has 1 amide bonds. The van der Waals surface area contributed by atoms with E-state index in [2.05, 4.69) is 29.2 Å². The molecule has 0 aromatic carbocycles. The topological polar surface area (TPSA) is 20.3 Å². The molecule has 2 nitrogen and oxygen atoms in total. The van der Waals surface area contributed by atoms with Gasteiger partial charge in [-0.3, -0.25) is 4.79 Å². The molecular weight excluding hydrogens is 234 g/mol. The summed E-state index contributed by atoms with van der Waals surface area (Å²) < 4.78 is 0. The molecule has 1 atom stereocenters. The van der Waals surface area contributed by atoms with Crippen LogP contribution in [0.4, 0.5) is 0 Å². The van der Waals surface area contributed by atoms with Crippen molar-refractivity contribution in [3.63, 3.8) is 0 Å². The van der Waals surface area contributed by atoms with Crippen LogP contribution in [0.15, 0.2) is 24.3 Å². The SMILES string of the molecule is O=C(C1CC1)N(C/C=C/C1CC=CCC1)CC1CC1. The summed E-state index contributed by atoms with van der Waals surface area (Å²) in [4.78, 5) is 14.3. The molecule has 2 fully saturated rings. The highest BCUT2D eigenvalue weighted by Gasteiger charge is 2.35. The third kappa shape index (κ3) is 3.95. The second kappa shape index (κ2) is 5.94. The molecule has 0 N–H and O–H groups in total. The van der Waals surface area contributed by atoms with Gasteiger partial charge in [0.1, 0.15) is 0 Å². The molecular formula is C17H25NO. The van der Waals surface area contributed by atoms with E-state index >= 15 is 0 Å². The first kappa shape index (κ1) is 13.0. The lowest BCUT2D eigenvalue weighted by Crippen LogP contribution is -2.34. The van der Waals surface area contributed by atoms with Crippen molar-refractivity contribution in [3.05, 3.63) is 24.3 Å². The first-order valence-electron chi connectivity index (χ1n) is 7.93. The van der Waals surface area contributed by atoms with Crippen molar-refractivity contribution in [2.45, 2.75) is 44.9 Å². The fourth-order valence-corrected chi connectivity index (χ4v) is 2.83. The average Bonchev–Trinajstić information content (AvgIpc) is 3.30. The maximum Gasteiger partial charge on any atom is 0.225 e. The molecule has 0 aromatic heterocycles. The van der Waals surface area contributed by atoms with Crippen LogP contribution < -0.4 is 0 Å². The van der Waals surface area contributed by atoms with E-state index in [4.69, 9.17) is 0 Å². The summed E-state index contributed by atoms with van der Waals surface area (Å²) in [6, 6.07) is 0. The van der Waals surface area contributed by atoms with Gasteiger partial charge in [0.2, 0.25) is 5.91 Å². The maximum absolute atomic E-state index is 12.2. The molecule has 0 saturated heterocycles. The minimum absolute atomic E-state index is 0.366. The van der Waals surface area contributed by atoms with Crippen LogP contribution in [0.1, 0.15) is 44.9 Å². The zero-order chi connectivity index (χ0) is 13.1. The lowest BCUT2D eigenvalue weighted by molar-refractivity contribution is -0.132. The number of carbonyl (C=O) groups is 1. The van der Waals surface area contributed by atoms with Gasteiger partial charge in [-0.25, -0.2) is 0 Å². The maximum atomic E-state index is 12.2. The molecule has 3 aliphatic carbocycles. The molecule has 19 heavy (non-hydrogen) atoms. The third-order valence-electron chi connectivity index (χ3n) is 4.46. The number of amides is 1. The normalized spacial score (nSPS) is 26.8. The van der Waals surface area contributed by atoms with Crippen LogP contribution in [0.25, 0.3) is 0 Å². The van der Waals surface area contributed by atoms with Crippen LogP contribution in [-0.4, -0.2) is 23.9 Å². The summed E-state index contributed by atoms with van der Waals surface area (Å²) in [5.41, 5.74) is 0. The molecule has 1 unspecified atom stereocenters. The second-order valence-corrected chi connectivity index (χ2v) is 6.43. The van der Waals surface area contributed by atoms with Gasteiger partial charge in [-0.2, -0.15) is 0 Å². The summed E-state index contributed by atoms with van der Waals surface area (Å²) >= 11 is 0. The smallest absolute Gasteiger partial charge is 0.225 e. The van der Waals surface area contributed by atoms with Crippen LogP contribution in [0, 0.1) is 17.8 Å². The fraction of sp³-hybridized carbons (Fsp3) is 0.706. The molecule has 0 bridgehead atoms. The zero-order valence-electron chi connectivity index (χ0n) is 11.8. The molecule has 2 saturated carbocycles. The van der Waals surface area contributed by atoms with Crippen LogP contribution in [0.5, 0.6) is 0 Å². The first-order valence-corrected chi connectivity index (χ1v) is 7.93. The van der Waals surface area contributed by atoms with E-state index in [0.717, 1.165) is 31.8 Å². The van der Waals surface area contributed by atoms with Gasteiger partial charge in [0.25, 0.3) is 0 Å². The van der Waals surface area contributed by atoms with Crippen molar-refractivity contribution >= 4 is 5.91 Å². The minimum Gasteiger partial charge on any atom is -0.338 e. The van der Waals surface area contributed by atoms with Crippen molar-refractivity contribution < 1.29 is 4.79 Å². The Kier molecular flexibility index (Phi) is 4.05. The molecule has 3 rings (SSSR count). The lowest BCUT2D eigenvalue weighted by atomic mass is 9.94. The van der Waals surface area contributed by atoms with E-state index in [0.29, 0.717) is 17.7 Å². The number of allylic oxidation sites excluding steroid dienone is 3. The Morgan fingerprint density at radius 3 is 2.63 bits per heavy atom. The second-order valence-electron chi connectivity index (χ2n) is 6.43. The van der Waals surface area contributed by atoms with Crippen molar-refractivity contribution in [1.82, 2.24) is 4.90 Å². The first-order chi connectivity index (χ1) is 9.33. The van der Waals surface area contributed by atoms with Gasteiger partial charge >= 0.3 is 0 Å². The number of carbonyl (C=O) groups excluding carboxylic acids is 1. The Morgan fingerprint density at radius 1 is 1.16 bits per heavy atom. The molecule has 104 valence electrons. The monoisotopic (exact) mass is 259 g/mol. The van der Waals surface area contributed by atoms with E-state index in [1.807, 2.05) is 0 Å². The highest BCUT2D eigenvalue weighted by atomic mass is 16.2. The molecule has 3 aliphatic rings. The summed E-state index contributed by atoms with van der Waals surface area (Å²) in [6.07, 6.45) is 17.7. The molecule has 0 aromatic rings. The summed E-state index contributed by atoms with van der Waals surface area (Å²) in [7, 11) is 0. The van der Waals surface area contributed by atoms with Gasteiger partial charge in [-0.05, 0) is 56.8 Å². The lowest BCUT2D eigenvalue weighted by Gasteiger charge is -2.21. The molecule has 2 heteroatoms.